The SMILES string of the molecule is O=C(O[C@H](C(=O)O)[C@H](OC(=O)c1ccc(Cl)cc1)C(=O)Nc1ccc(Br)cc1Cl)c1ccc(Cl)cc1. The molecule has 1 amide bonds. The van der Waals surface area contributed by atoms with Crippen molar-refractivity contribution in [2.45, 2.75) is 12.2 Å². The lowest BCUT2D eigenvalue weighted by Crippen LogP contribution is -2.48. The molecule has 2 atom stereocenters. The van der Waals surface area contributed by atoms with E-state index in [1.807, 2.05) is 0 Å². The van der Waals surface area contributed by atoms with Gasteiger partial charge in [0.25, 0.3) is 5.91 Å². The number of anilines is 1. The molecule has 3 aromatic rings. The molecule has 2 N–H and O–H groups in total. The van der Waals surface area contributed by atoms with E-state index < -0.39 is 36.0 Å². The number of carbonyl (C=O) groups excluding carboxylic acids is 3. The summed E-state index contributed by atoms with van der Waals surface area (Å²) in [7, 11) is 0. The zero-order valence-electron chi connectivity index (χ0n) is 17.9. The van der Waals surface area contributed by atoms with E-state index in [2.05, 4.69) is 21.2 Å². The molecule has 36 heavy (non-hydrogen) atoms. The first-order valence-corrected chi connectivity index (χ1v) is 11.9. The molecule has 0 saturated carbocycles. The van der Waals surface area contributed by atoms with E-state index in [9.17, 15) is 24.3 Å². The number of halogens is 4. The van der Waals surface area contributed by atoms with E-state index in [0.717, 1.165) is 0 Å². The number of aliphatic carboxylic acids is 1. The molecule has 0 saturated heterocycles. The molecule has 186 valence electrons. The van der Waals surface area contributed by atoms with Gasteiger partial charge in [0.15, 0.2) is 0 Å². The van der Waals surface area contributed by atoms with Crippen LogP contribution in [0.5, 0.6) is 0 Å². The van der Waals surface area contributed by atoms with Crippen molar-refractivity contribution in [1.82, 2.24) is 0 Å². The number of nitrogens with one attached hydrogen (secondary N) is 1. The Morgan fingerprint density at radius 3 is 1.67 bits per heavy atom. The van der Waals surface area contributed by atoms with Crippen LogP contribution in [0.25, 0.3) is 0 Å². The number of hydrogen-bond acceptors (Lipinski definition) is 6. The third-order valence-electron chi connectivity index (χ3n) is 4.59. The lowest BCUT2D eigenvalue weighted by molar-refractivity contribution is -0.157. The van der Waals surface area contributed by atoms with Gasteiger partial charge in [-0.1, -0.05) is 50.7 Å². The molecule has 0 aliphatic rings. The van der Waals surface area contributed by atoms with E-state index in [0.29, 0.717) is 14.5 Å². The number of hydrogen-bond donors (Lipinski definition) is 2. The zero-order valence-corrected chi connectivity index (χ0v) is 21.8. The van der Waals surface area contributed by atoms with Crippen molar-refractivity contribution in [2.75, 3.05) is 5.32 Å². The molecule has 0 heterocycles. The first kappa shape index (κ1) is 27.5. The summed E-state index contributed by atoms with van der Waals surface area (Å²) in [6.07, 6.45) is -4.31. The summed E-state index contributed by atoms with van der Waals surface area (Å²) in [6.45, 7) is 0. The van der Waals surface area contributed by atoms with Gasteiger partial charge in [-0.2, -0.15) is 0 Å². The topological polar surface area (TPSA) is 119 Å². The molecular formula is C24H15BrCl3NO7. The standard InChI is InChI=1S/C24H15BrCl3NO7/c25-14-5-10-18(17(28)11-14)29-21(30)19(35-23(33)12-1-6-15(26)7-2-12)20(22(31)32)36-24(34)13-3-8-16(27)9-4-13/h1-11,19-20H,(H,29,30)(H,31,32)/t19-,20-/m0/s1. The van der Waals surface area contributed by atoms with Crippen LogP contribution in [0.4, 0.5) is 5.69 Å². The predicted molar refractivity (Wildman–Crippen MR) is 137 cm³/mol. The Balaban J connectivity index is 1.92. The predicted octanol–water partition coefficient (Wildman–Crippen LogP) is 5.88. The van der Waals surface area contributed by atoms with Crippen molar-refractivity contribution in [3.63, 3.8) is 0 Å². The number of rotatable bonds is 8. The average Bonchev–Trinajstić information content (AvgIpc) is 2.83. The number of carboxylic acids is 1. The average molecular weight is 616 g/mol. The number of ether oxygens (including phenoxy) is 2. The number of esters is 2. The molecule has 3 aromatic carbocycles. The highest BCUT2D eigenvalue weighted by atomic mass is 79.9. The van der Waals surface area contributed by atoms with Crippen molar-refractivity contribution in [3.05, 3.63) is 97.4 Å². The Bertz CT molecular complexity index is 1300. The van der Waals surface area contributed by atoms with Gasteiger partial charge in [0, 0.05) is 14.5 Å². The molecule has 0 spiro atoms. The summed E-state index contributed by atoms with van der Waals surface area (Å²) >= 11 is 21.0. The van der Waals surface area contributed by atoms with Crippen LogP contribution in [0.15, 0.2) is 71.2 Å². The van der Waals surface area contributed by atoms with E-state index in [1.54, 1.807) is 6.07 Å². The Morgan fingerprint density at radius 2 is 1.22 bits per heavy atom. The van der Waals surface area contributed by atoms with Gasteiger partial charge in [-0.15, -0.1) is 0 Å². The fourth-order valence-corrected chi connectivity index (χ4v) is 3.80. The molecule has 0 radical (unpaired) electrons. The van der Waals surface area contributed by atoms with Crippen LogP contribution >= 0.6 is 50.7 Å². The second-order valence-corrected chi connectivity index (χ2v) is 9.31. The lowest BCUT2D eigenvalue weighted by atomic mass is 10.1. The van der Waals surface area contributed by atoms with Crippen molar-refractivity contribution >= 4 is 80.2 Å². The van der Waals surface area contributed by atoms with Crippen LogP contribution < -0.4 is 5.32 Å². The highest BCUT2D eigenvalue weighted by molar-refractivity contribution is 9.10. The van der Waals surface area contributed by atoms with E-state index in [1.165, 1.54) is 60.7 Å². The van der Waals surface area contributed by atoms with Crippen molar-refractivity contribution in [3.8, 4) is 0 Å². The third kappa shape index (κ3) is 7.20. The minimum absolute atomic E-state index is 0.0213. The molecule has 0 fully saturated rings. The minimum atomic E-state index is -2.21. The largest absolute Gasteiger partial charge is 0.478 e. The maximum Gasteiger partial charge on any atom is 0.349 e. The molecule has 12 heteroatoms. The first-order chi connectivity index (χ1) is 17.0. The molecule has 0 bridgehead atoms. The van der Waals surface area contributed by atoms with Crippen LogP contribution in [-0.4, -0.2) is 41.1 Å². The highest BCUT2D eigenvalue weighted by Gasteiger charge is 2.41. The molecule has 0 aliphatic heterocycles. The molecule has 0 aliphatic carbocycles. The van der Waals surface area contributed by atoms with Crippen LogP contribution in [0, 0.1) is 0 Å². The monoisotopic (exact) mass is 613 g/mol. The summed E-state index contributed by atoms with van der Waals surface area (Å²) in [5, 5.41) is 13.0. The van der Waals surface area contributed by atoms with Crippen molar-refractivity contribution in [1.29, 1.82) is 0 Å². The first-order valence-electron chi connectivity index (χ1n) is 9.97. The maximum atomic E-state index is 13.1. The summed E-state index contributed by atoms with van der Waals surface area (Å²) < 4.78 is 10.9. The van der Waals surface area contributed by atoms with Crippen molar-refractivity contribution < 1.29 is 33.8 Å². The number of carbonyl (C=O) groups is 4. The summed E-state index contributed by atoms with van der Waals surface area (Å²) in [5.74, 6) is -4.97. The van der Waals surface area contributed by atoms with Gasteiger partial charge in [0.05, 0.1) is 21.8 Å². The highest BCUT2D eigenvalue weighted by Crippen LogP contribution is 2.26. The molecule has 3 rings (SSSR count). The van der Waals surface area contributed by atoms with Crippen LogP contribution in [0.1, 0.15) is 20.7 Å². The van der Waals surface area contributed by atoms with Crippen LogP contribution in [0.2, 0.25) is 15.1 Å². The Morgan fingerprint density at radius 1 is 0.750 bits per heavy atom. The normalized spacial score (nSPS) is 12.2. The molecule has 0 unspecified atom stereocenters. The second kappa shape index (κ2) is 12.2. The summed E-state index contributed by atoms with van der Waals surface area (Å²) in [5.41, 5.74) is 0.0439. The maximum absolute atomic E-state index is 13.1. The minimum Gasteiger partial charge on any atom is -0.478 e. The van der Waals surface area contributed by atoms with E-state index in [4.69, 9.17) is 44.3 Å². The molecule has 8 nitrogen and oxygen atoms in total. The van der Waals surface area contributed by atoms with Gasteiger partial charge in [-0.05, 0) is 66.7 Å². The fourth-order valence-electron chi connectivity index (χ4n) is 2.83. The Kier molecular flexibility index (Phi) is 9.33. The quantitative estimate of drug-likeness (QED) is 0.304. The Hall–Kier alpha value is -3.11. The van der Waals surface area contributed by atoms with Gasteiger partial charge >= 0.3 is 17.9 Å². The molecular weight excluding hydrogens is 601 g/mol. The fraction of sp³-hybridized carbons (Fsp3) is 0.0833. The van der Waals surface area contributed by atoms with Crippen LogP contribution in [0.3, 0.4) is 0 Å². The number of amides is 1. The van der Waals surface area contributed by atoms with Gasteiger partial charge in [0.2, 0.25) is 12.2 Å². The van der Waals surface area contributed by atoms with Gasteiger partial charge in [-0.3, -0.25) is 4.79 Å². The third-order valence-corrected chi connectivity index (χ3v) is 5.90. The van der Waals surface area contributed by atoms with Gasteiger partial charge in [-0.25, -0.2) is 14.4 Å². The van der Waals surface area contributed by atoms with Crippen molar-refractivity contribution in [2.24, 2.45) is 0 Å². The Labute approximate surface area is 228 Å². The molecule has 0 aromatic heterocycles. The van der Waals surface area contributed by atoms with E-state index in [-0.39, 0.29) is 21.8 Å². The number of benzene rings is 3. The zero-order chi connectivity index (χ0) is 26.4. The summed E-state index contributed by atoms with van der Waals surface area (Å²) in [6, 6.07) is 15.4. The van der Waals surface area contributed by atoms with E-state index >= 15 is 0 Å². The second-order valence-electron chi connectivity index (χ2n) is 7.12. The summed E-state index contributed by atoms with van der Waals surface area (Å²) in [4.78, 5) is 50.5. The number of carboxylic acid groups (broad SMARTS) is 1. The van der Waals surface area contributed by atoms with Gasteiger partial charge < -0.3 is 19.9 Å². The van der Waals surface area contributed by atoms with Gasteiger partial charge in [0.1, 0.15) is 0 Å². The smallest absolute Gasteiger partial charge is 0.349 e. The lowest BCUT2D eigenvalue weighted by Gasteiger charge is -2.24. The van der Waals surface area contributed by atoms with Crippen LogP contribution in [-0.2, 0) is 19.1 Å².